The van der Waals surface area contributed by atoms with Gasteiger partial charge in [0.05, 0.1) is 11.3 Å². The highest BCUT2D eigenvalue weighted by atomic mass is 16.6. The molecule has 1 aliphatic rings. The van der Waals surface area contributed by atoms with E-state index in [0.717, 1.165) is 23.2 Å². The summed E-state index contributed by atoms with van der Waals surface area (Å²) in [5.41, 5.74) is 4.62. The molecule has 102 valence electrons. The fraction of sp³-hybridized carbons (Fsp3) is 0.294. The summed E-state index contributed by atoms with van der Waals surface area (Å²) in [6.07, 6.45) is 2.64. The maximum absolute atomic E-state index is 12.1. The number of benzene rings is 1. The van der Waals surface area contributed by atoms with Crippen LogP contribution in [0, 0.1) is 0 Å². The predicted octanol–water partition coefficient (Wildman–Crippen LogP) is 3.61. The molecule has 0 unspecified atom stereocenters. The van der Waals surface area contributed by atoms with Crippen LogP contribution in [0.25, 0.3) is 11.1 Å². The molecule has 0 bridgehead atoms. The first-order valence-corrected chi connectivity index (χ1v) is 6.74. The molecule has 20 heavy (non-hydrogen) atoms. The van der Waals surface area contributed by atoms with E-state index in [0.29, 0.717) is 5.56 Å². The first-order chi connectivity index (χ1) is 9.44. The minimum Gasteiger partial charge on any atom is -0.456 e. The van der Waals surface area contributed by atoms with Crippen LogP contribution in [-0.4, -0.2) is 16.6 Å². The van der Waals surface area contributed by atoms with Crippen LogP contribution in [-0.2, 0) is 11.2 Å². The Bertz CT molecular complexity index is 684. The Morgan fingerprint density at radius 1 is 1.20 bits per heavy atom. The molecule has 0 amide bonds. The Kier molecular flexibility index (Phi) is 2.85. The maximum Gasteiger partial charge on any atom is 0.338 e. The van der Waals surface area contributed by atoms with Crippen LogP contribution in [0.3, 0.4) is 0 Å². The zero-order valence-electron chi connectivity index (χ0n) is 11.9. The highest BCUT2D eigenvalue weighted by Gasteiger charge is 2.23. The highest BCUT2D eigenvalue weighted by Crippen LogP contribution is 2.35. The van der Waals surface area contributed by atoms with Gasteiger partial charge in [0.2, 0.25) is 0 Å². The summed E-state index contributed by atoms with van der Waals surface area (Å²) < 4.78 is 5.42. The lowest BCUT2D eigenvalue weighted by Crippen LogP contribution is -2.23. The van der Waals surface area contributed by atoms with Crippen LogP contribution in [0.1, 0.15) is 42.4 Å². The van der Waals surface area contributed by atoms with Crippen LogP contribution in [0.5, 0.6) is 0 Å². The third-order valence-electron chi connectivity index (χ3n) is 3.28. The van der Waals surface area contributed by atoms with E-state index in [4.69, 9.17) is 4.74 Å². The van der Waals surface area contributed by atoms with Gasteiger partial charge in [0.25, 0.3) is 0 Å². The van der Waals surface area contributed by atoms with Crippen molar-refractivity contribution < 1.29 is 9.53 Å². The molecule has 3 nitrogen and oxygen atoms in total. The summed E-state index contributed by atoms with van der Waals surface area (Å²) in [5, 5.41) is 0. The van der Waals surface area contributed by atoms with E-state index < -0.39 is 5.60 Å². The largest absolute Gasteiger partial charge is 0.456 e. The number of ether oxygens (including phenoxy) is 1. The van der Waals surface area contributed by atoms with Crippen molar-refractivity contribution in [2.45, 2.75) is 32.8 Å². The first kappa shape index (κ1) is 12.9. The molecule has 1 aliphatic carbocycles. The first-order valence-electron chi connectivity index (χ1n) is 6.74. The number of carbonyl (C=O) groups is 1. The lowest BCUT2D eigenvalue weighted by Gasteiger charge is -2.19. The van der Waals surface area contributed by atoms with Gasteiger partial charge >= 0.3 is 5.97 Å². The van der Waals surface area contributed by atoms with Gasteiger partial charge in [-0.05, 0) is 50.1 Å². The molecule has 1 heterocycles. The molecule has 0 saturated heterocycles. The number of fused-ring (bicyclic) bond motifs is 3. The minimum absolute atomic E-state index is 0.280. The van der Waals surface area contributed by atoms with Gasteiger partial charge in [0, 0.05) is 18.2 Å². The standard InChI is InChI=1S/C17H17NO2/c1-17(2,3)20-16(19)12-7-6-11-10-15-13(14(11)9-12)5-4-8-18-15/h4-9H,10H2,1-3H3. The van der Waals surface area contributed by atoms with Crippen LogP contribution < -0.4 is 0 Å². The molecule has 3 rings (SSSR count). The normalized spacial score (nSPS) is 12.8. The summed E-state index contributed by atoms with van der Waals surface area (Å²) >= 11 is 0. The number of esters is 1. The molecule has 0 fully saturated rings. The van der Waals surface area contributed by atoms with Crippen molar-refractivity contribution in [3.8, 4) is 11.1 Å². The second kappa shape index (κ2) is 4.44. The Morgan fingerprint density at radius 2 is 2.00 bits per heavy atom. The van der Waals surface area contributed by atoms with Gasteiger partial charge in [-0.1, -0.05) is 12.1 Å². The summed E-state index contributed by atoms with van der Waals surface area (Å²) in [4.78, 5) is 16.5. The molecule has 0 N–H and O–H groups in total. The minimum atomic E-state index is -0.477. The molecule has 0 spiro atoms. The maximum atomic E-state index is 12.1. The second-order valence-corrected chi connectivity index (χ2v) is 6.05. The second-order valence-electron chi connectivity index (χ2n) is 6.05. The fourth-order valence-corrected chi connectivity index (χ4v) is 2.45. The molecule has 0 atom stereocenters. The van der Waals surface area contributed by atoms with Gasteiger partial charge in [-0.25, -0.2) is 4.79 Å². The number of rotatable bonds is 1. The lowest BCUT2D eigenvalue weighted by atomic mass is 10.0. The number of nitrogens with zero attached hydrogens (tertiary/aromatic N) is 1. The van der Waals surface area contributed by atoms with Gasteiger partial charge in [0.15, 0.2) is 0 Å². The lowest BCUT2D eigenvalue weighted by molar-refractivity contribution is 0.00696. The van der Waals surface area contributed by atoms with Crippen LogP contribution >= 0.6 is 0 Å². The van der Waals surface area contributed by atoms with E-state index in [1.165, 1.54) is 5.56 Å². The summed E-state index contributed by atoms with van der Waals surface area (Å²) in [5.74, 6) is -0.280. The number of aromatic nitrogens is 1. The molecule has 2 aromatic rings. The van der Waals surface area contributed by atoms with Crippen molar-refractivity contribution in [2.75, 3.05) is 0 Å². The van der Waals surface area contributed by atoms with E-state index in [2.05, 4.69) is 4.98 Å². The zero-order valence-corrected chi connectivity index (χ0v) is 11.9. The monoisotopic (exact) mass is 267 g/mol. The quantitative estimate of drug-likeness (QED) is 0.632. The average Bonchev–Trinajstić information content (AvgIpc) is 2.74. The molecule has 1 aromatic carbocycles. The van der Waals surface area contributed by atoms with Gasteiger partial charge in [-0.15, -0.1) is 0 Å². The molecular weight excluding hydrogens is 250 g/mol. The number of hydrogen-bond donors (Lipinski definition) is 0. The van der Waals surface area contributed by atoms with Crippen molar-refractivity contribution in [3.05, 3.63) is 53.3 Å². The van der Waals surface area contributed by atoms with Crippen LogP contribution in [0.2, 0.25) is 0 Å². The predicted molar refractivity (Wildman–Crippen MR) is 77.6 cm³/mol. The third-order valence-corrected chi connectivity index (χ3v) is 3.28. The van der Waals surface area contributed by atoms with Crippen molar-refractivity contribution in [2.24, 2.45) is 0 Å². The van der Waals surface area contributed by atoms with Crippen molar-refractivity contribution >= 4 is 5.97 Å². The summed E-state index contributed by atoms with van der Waals surface area (Å²) in [7, 11) is 0. The molecule has 0 aliphatic heterocycles. The molecular formula is C17H17NO2. The Hall–Kier alpha value is -2.16. The van der Waals surface area contributed by atoms with Gasteiger partial charge < -0.3 is 4.74 Å². The molecule has 1 aromatic heterocycles. The van der Waals surface area contributed by atoms with Crippen molar-refractivity contribution in [1.29, 1.82) is 0 Å². The van der Waals surface area contributed by atoms with Gasteiger partial charge in [-0.2, -0.15) is 0 Å². The van der Waals surface area contributed by atoms with Crippen molar-refractivity contribution in [1.82, 2.24) is 4.98 Å². The fourth-order valence-electron chi connectivity index (χ4n) is 2.45. The van der Waals surface area contributed by atoms with E-state index in [1.54, 1.807) is 6.20 Å². The Morgan fingerprint density at radius 3 is 2.75 bits per heavy atom. The third kappa shape index (κ3) is 2.31. The van der Waals surface area contributed by atoms with Gasteiger partial charge in [-0.3, -0.25) is 4.98 Å². The number of pyridine rings is 1. The number of hydrogen-bond acceptors (Lipinski definition) is 3. The molecule has 0 radical (unpaired) electrons. The van der Waals surface area contributed by atoms with Crippen LogP contribution in [0.4, 0.5) is 0 Å². The van der Waals surface area contributed by atoms with E-state index in [-0.39, 0.29) is 5.97 Å². The Labute approximate surface area is 118 Å². The highest BCUT2D eigenvalue weighted by molar-refractivity contribution is 5.92. The van der Waals surface area contributed by atoms with E-state index in [1.807, 2.05) is 51.1 Å². The molecule has 3 heteroatoms. The summed E-state index contributed by atoms with van der Waals surface area (Å²) in [6.45, 7) is 5.62. The zero-order chi connectivity index (χ0) is 14.3. The number of carbonyl (C=O) groups excluding carboxylic acids is 1. The van der Waals surface area contributed by atoms with Crippen LogP contribution in [0.15, 0.2) is 36.5 Å². The summed E-state index contributed by atoms with van der Waals surface area (Å²) in [6, 6.07) is 9.72. The molecule has 0 saturated carbocycles. The Balaban J connectivity index is 1.98. The van der Waals surface area contributed by atoms with Gasteiger partial charge in [0.1, 0.15) is 5.60 Å². The van der Waals surface area contributed by atoms with E-state index in [9.17, 15) is 4.79 Å². The average molecular weight is 267 g/mol. The van der Waals surface area contributed by atoms with Crippen molar-refractivity contribution in [3.63, 3.8) is 0 Å². The smallest absolute Gasteiger partial charge is 0.338 e. The van der Waals surface area contributed by atoms with E-state index >= 15 is 0 Å². The SMILES string of the molecule is CC(C)(C)OC(=O)c1ccc2c(c1)-c1cccnc1C2. The topological polar surface area (TPSA) is 39.2 Å².